The van der Waals surface area contributed by atoms with Gasteiger partial charge in [0.25, 0.3) is 5.56 Å². The molecular weight excluding hydrogens is 464 g/mol. The van der Waals surface area contributed by atoms with Gasteiger partial charge < -0.3 is 10.6 Å². The fraction of sp³-hybridized carbons (Fsp3) is 0.440. The molecular formula is C25H31ClN8O. The van der Waals surface area contributed by atoms with Gasteiger partial charge in [-0.1, -0.05) is 6.07 Å². The van der Waals surface area contributed by atoms with E-state index in [1.54, 1.807) is 10.9 Å². The summed E-state index contributed by atoms with van der Waals surface area (Å²) in [5, 5.41) is 12.2. The smallest absolute Gasteiger partial charge is 0.278 e. The molecule has 0 unspecified atom stereocenters. The summed E-state index contributed by atoms with van der Waals surface area (Å²) in [5.41, 5.74) is 3.98. The van der Waals surface area contributed by atoms with Crippen LogP contribution in [0.15, 0.2) is 41.5 Å². The van der Waals surface area contributed by atoms with E-state index >= 15 is 0 Å². The Kier molecular flexibility index (Phi) is 5.72. The molecule has 184 valence electrons. The van der Waals surface area contributed by atoms with Crippen LogP contribution in [0.4, 0.5) is 11.6 Å². The highest BCUT2D eigenvalue weighted by atomic mass is 35.5. The molecule has 1 fully saturated rings. The van der Waals surface area contributed by atoms with E-state index in [1.165, 1.54) is 11.1 Å². The summed E-state index contributed by atoms with van der Waals surface area (Å²) in [4.78, 5) is 22.5. The van der Waals surface area contributed by atoms with Gasteiger partial charge in [0.2, 0.25) is 5.95 Å². The number of hydrogen-bond acceptors (Lipinski definition) is 6. The minimum atomic E-state index is -0.110. The lowest BCUT2D eigenvalue weighted by molar-refractivity contribution is 0.382. The Labute approximate surface area is 210 Å². The molecule has 4 heterocycles. The predicted octanol–water partition coefficient (Wildman–Crippen LogP) is 4.24. The van der Waals surface area contributed by atoms with Gasteiger partial charge in [0.15, 0.2) is 11.5 Å². The molecule has 35 heavy (non-hydrogen) atoms. The van der Waals surface area contributed by atoms with Crippen molar-refractivity contribution in [1.82, 2.24) is 34.4 Å². The van der Waals surface area contributed by atoms with Gasteiger partial charge in [-0.15, -0.1) is 12.4 Å². The highest BCUT2D eigenvalue weighted by Crippen LogP contribution is 2.34. The van der Waals surface area contributed by atoms with Crippen molar-refractivity contribution >= 4 is 35.1 Å². The van der Waals surface area contributed by atoms with E-state index in [1.807, 2.05) is 35.5 Å². The molecule has 10 heteroatoms. The van der Waals surface area contributed by atoms with Gasteiger partial charge in [-0.3, -0.25) is 9.48 Å². The molecule has 0 radical (unpaired) electrons. The minimum absolute atomic E-state index is 0. The quantitative estimate of drug-likeness (QED) is 0.431. The van der Waals surface area contributed by atoms with Crippen LogP contribution in [0.2, 0.25) is 0 Å². The Morgan fingerprint density at radius 3 is 2.74 bits per heavy atom. The second-order valence-corrected chi connectivity index (χ2v) is 10.2. The van der Waals surface area contributed by atoms with Crippen molar-refractivity contribution in [3.63, 3.8) is 0 Å². The van der Waals surface area contributed by atoms with E-state index in [9.17, 15) is 4.79 Å². The molecule has 4 aromatic rings. The van der Waals surface area contributed by atoms with Crippen LogP contribution in [0.25, 0.3) is 16.9 Å². The lowest BCUT2D eigenvalue weighted by Crippen LogP contribution is -2.42. The van der Waals surface area contributed by atoms with Crippen molar-refractivity contribution in [2.45, 2.75) is 64.6 Å². The number of halogens is 1. The number of anilines is 2. The first kappa shape index (κ1) is 23.6. The van der Waals surface area contributed by atoms with Crippen LogP contribution in [0.5, 0.6) is 0 Å². The molecule has 1 aromatic carbocycles. The standard InChI is InChI=1S/C25H30N8O.ClH/c1-15(2)32-23(34)19-14-26-24(28-17-5-8-20-16(13-17)9-11-27-25(20,3)4)29-22(19)33(32)21-10-12-31(30-21)18-6-7-18;/h5,8,10,12-15,18,27H,6-7,9,11H2,1-4H3,(H,26,28,29);1H. The van der Waals surface area contributed by atoms with Crippen LogP contribution in [0, 0.1) is 0 Å². The summed E-state index contributed by atoms with van der Waals surface area (Å²) in [5.74, 6) is 1.15. The fourth-order valence-electron chi connectivity index (χ4n) is 4.95. The van der Waals surface area contributed by atoms with Crippen LogP contribution in [0.3, 0.4) is 0 Å². The number of rotatable bonds is 5. The van der Waals surface area contributed by atoms with Gasteiger partial charge in [0.05, 0.1) is 6.04 Å². The lowest BCUT2D eigenvalue weighted by Gasteiger charge is -2.34. The maximum Gasteiger partial charge on any atom is 0.278 e. The van der Waals surface area contributed by atoms with Gasteiger partial charge in [-0.2, -0.15) is 10.1 Å². The molecule has 1 saturated carbocycles. The van der Waals surface area contributed by atoms with Crippen molar-refractivity contribution < 1.29 is 0 Å². The third-order valence-electron chi connectivity index (χ3n) is 6.84. The molecule has 3 aromatic heterocycles. The average Bonchev–Trinajstić information content (AvgIpc) is 3.45. The summed E-state index contributed by atoms with van der Waals surface area (Å²) >= 11 is 0. The Hall–Kier alpha value is -3.17. The number of fused-ring (bicyclic) bond motifs is 2. The average molecular weight is 495 g/mol. The van der Waals surface area contributed by atoms with E-state index < -0.39 is 0 Å². The highest BCUT2D eigenvalue weighted by Gasteiger charge is 2.28. The second kappa shape index (κ2) is 8.49. The van der Waals surface area contributed by atoms with E-state index in [0.717, 1.165) is 31.5 Å². The monoisotopic (exact) mass is 494 g/mol. The number of hydrogen-bond donors (Lipinski definition) is 2. The molecule has 0 bridgehead atoms. The first-order valence-electron chi connectivity index (χ1n) is 12.0. The zero-order valence-electron chi connectivity index (χ0n) is 20.4. The molecule has 0 atom stereocenters. The van der Waals surface area contributed by atoms with Crippen LogP contribution >= 0.6 is 12.4 Å². The van der Waals surface area contributed by atoms with Gasteiger partial charge in [-0.25, -0.2) is 14.3 Å². The fourth-order valence-corrected chi connectivity index (χ4v) is 4.95. The maximum atomic E-state index is 13.2. The Balaban J connectivity index is 0.00000253. The van der Waals surface area contributed by atoms with Crippen molar-refractivity contribution in [3.05, 3.63) is 58.1 Å². The Bertz CT molecular complexity index is 1460. The van der Waals surface area contributed by atoms with Crippen LogP contribution in [0.1, 0.15) is 63.7 Å². The van der Waals surface area contributed by atoms with E-state index in [2.05, 4.69) is 47.7 Å². The van der Waals surface area contributed by atoms with Crippen LogP contribution in [-0.4, -0.2) is 35.7 Å². The van der Waals surface area contributed by atoms with Crippen LogP contribution in [-0.2, 0) is 12.0 Å². The van der Waals surface area contributed by atoms with Crippen molar-refractivity contribution in [1.29, 1.82) is 0 Å². The van der Waals surface area contributed by atoms with Crippen molar-refractivity contribution in [2.75, 3.05) is 11.9 Å². The van der Waals surface area contributed by atoms with E-state index in [4.69, 9.17) is 10.1 Å². The Morgan fingerprint density at radius 1 is 1.20 bits per heavy atom. The van der Waals surface area contributed by atoms with Gasteiger partial charge in [-0.05, 0) is 76.8 Å². The minimum Gasteiger partial charge on any atom is -0.324 e. The first-order valence-corrected chi connectivity index (χ1v) is 12.0. The third-order valence-corrected chi connectivity index (χ3v) is 6.84. The molecule has 0 saturated heterocycles. The maximum absolute atomic E-state index is 13.2. The number of aromatic nitrogens is 6. The SMILES string of the molecule is CC(C)n1c(=O)c2cnc(Nc3ccc4c(c3)CCNC4(C)C)nc2n1-c1ccn(C2CC2)n1.Cl. The van der Waals surface area contributed by atoms with Gasteiger partial charge in [0.1, 0.15) is 5.39 Å². The summed E-state index contributed by atoms with van der Waals surface area (Å²) in [7, 11) is 0. The Morgan fingerprint density at radius 2 is 2.00 bits per heavy atom. The molecule has 1 aliphatic carbocycles. The molecule has 2 N–H and O–H groups in total. The molecule has 6 rings (SSSR count). The number of benzene rings is 1. The predicted molar refractivity (Wildman–Crippen MR) is 139 cm³/mol. The van der Waals surface area contributed by atoms with E-state index in [0.29, 0.717) is 28.8 Å². The molecule has 0 spiro atoms. The zero-order chi connectivity index (χ0) is 23.6. The third kappa shape index (κ3) is 4.02. The zero-order valence-corrected chi connectivity index (χ0v) is 21.3. The first-order chi connectivity index (χ1) is 16.3. The highest BCUT2D eigenvalue weighted by molar-refractivity contribution is 5.85. The summed E-state index contributed by atoms with van der Waals surface area (Å²) in [6, 6.07) is 8.76. The normalized spacial score (nSPS) is 16.8. The molecule has 1 aliphatic heterocycles. The van der Waals surface area contributed by atoms with Crippen LogP contribution < -0.4 is 16.2 Å². The second-order valence-electron chi connectivity index (χ2n) is 10.2. The summed E-state index contributed by atoms with van der Waals surface area (Å²) < 4.78 is 5.52. The lowest BCUT2D eigenvalue weighted by atomic mass is 9.85. The number of nitrogens with zero attached hydrogens (tertiary/aromatic N) is 6. The topological polar surface area (TPSA) is 94.6 Å². The number of nitrogens with one attached hydrogen (secondary N) is 2. The summed E-state index contributed by atoms with van der Waals surface area (Å²) in [6.45, 7) is 9.35. The largest absolute Gasteiger partial charge is 0.324 e. The van der Waals surface area contributed by atoms with Crippen molar-refractivity contribution in [2.24, 2.45) is 0 Å². The molecule has 2 aliphatic rings. The van der Waals surface area contributed by atoms with Gasteiger partial charge in [0, 0.05) is 35.7 Å². The van der Waals surface area contributed by atoms with E-state index in [-0.39, 0.29) is 29.5 Å². The summed E-state index contributed by atoms with van der Waals surface area (Å²) in [6.07, 6.45) is 6.88. The van der Waals surface area contributed by atoms with Gasteiger partial charge >= 0.3 is 0 Å². The van der Waals surface area contributed by atoms with Crippen molar-refractivity contribution in [3.8, 4) is 5.82 Å². The molecule has 0 amide bonds. The molecule has 9 nitrogen and oxygen atoms in total.